The number of allylic oxidation sites excluding steroid dienone is 2. The van der Waals surface area contributed by atoms with Crippen LogP contribution in [0.3, 0.4) is 0 Å². The zero-order chi connectivity index (χ0) is 15.0. The molecule has 0 aliphatic heterocycles. The molecule has 4 heteroatoms. The second kappa shape index (κ2) is 5.43. The molecule has 1 heterocycles. The number of benzene rings is 1. The quantitative estimate of drug-likeness (QED) is 0.822. The van der Waals surface area contributed by atoms with Crippen LogP contribution in [0, 0.1) is 6.92 Å². The predicted octanol–water partition coefficient (Wildman–Crippen LogP) is 4.69. The highest BCUT2D eigenvalue weighted by molar-refractivity contribution is 7.90. The lowest BCUT2D eigenvalue weighted by molar-refractivity contribution is 0.602. The predicted molar refractivity (Wildman–Crippen MR) is 89.4 cm³/mol. The molecule has 0 spiro atoms. The molecule has 0 saturated heterocycles. The van der Waals surface area contributed by atoms with Crippen LogP contribution in [0.4, 0.5) is 0 Å². The Balaban J connectivity index is 2.21. The van der Waals surface area contributed by atoms with E-state index < -0.39 is 9.84 Å². The van der Waals surface area contributed by atoms with Crippen molar-refractivity contribution in [2.45, 2.75) is 31.1 Å². The highest BCUT2D eigenvalue weighted by Crippen LogP contribution is 2.38. The van der Waals surface area contributed by atoms with Crippen molar-refractivity contribution in [1.82, 2.24) is 0 Å². The minimum Gasteiger partial charge on any atom is -0.224 e. The zero-order valence-electron chi connectivity index (χ0n) is 12.2. The van der Waals surface area contributed by atoms with Gasteiger partial charge in [0.1, 0.15) is 0 Å². The molecule has 1 aromatic carbocycles. The van der Waals surface area contributed by atoms with Gasteiger partial charge in [0.25, 0.3) is 0 Å². The Kier molecular flexibility index (Phi) is 3.76. The molecule has 0 amide bonds. The van der Waals surface area contributed by atoms with Gasteiger partial charge in [-0.25, -0.2) is 8.42 Å². The highest BCUT2D eigenvalue weighted by atomic mass is 32.2. The summed E-state index contributed by atoms with van der Waals surface area (Å²) in [5.74, 6) is 0. The number of thiophene rings is 1. The maximum absolute atomic E-state index is 11.8. The van der Waals surface area contributed by atoms with Crippen molar-refractivity contribution in [1.29, 1.82) is 0 Å². The van der Waals surface area contributed by atoms with Crippen LogP contribution < -0.4 is 0 Å². The van der Waals surface area contributed by atoms with Gasteiger partial charge in [0.15, 0.2) is 9.84 Å². The fourth-order valence-electron chi connectivity index (χ4n) is 2.73. The highest BCUT2D eigenvalue weighted by Gasteiger charge is 2.17. The first kappa shape index (κ1) is 14.5. The van der Waals surface area contributed by atoms with Gasteiger partial charge in [-0.05, 0) is 66.5 Å². The summed E-state index contributed by atoms with van der Waals surface area (Å²) in [6, 6.07) is 7.66. The van der Waals surface area contributed by atoms with Gasteiger partial charge in [0, 0.05) is 16.7 Å². The Morgan fingerprint density at radius 1 is 1.14 bits per heavy atom. The summed E-state index contributed by atoms with van der Waals surface area (Å²) in [4.78, 5) is 1.53. The Labute approximate surface area is 130 Å². The van der Waals surface area contributed by atoms with Gasteiger partial charge in [-0.15, -0.1) is 11.3 Å². The van der Waals surface area contributed by atoms with E-state index in [9.17, 15) is 8.42 Å². The van der Waals surface area contributed by atoms with Gasteiger partial charge >= 0.3 is 0 Å². The van der Waals surface area contributed by atoms with Gasteiger partial charge in [-0.2, -0.15) is 0 Å². The lowest BCUT2D eigenvalue weighted by Gasteiger charge is -2.11. The summed E-state index contributed by atoms with van der Waals surface area (Å²) < 4.78 is 23.7. The largest absolute Gasteiger partial charge is 0.224 e. The molecule has 1 aromatic heterocycles. The standard InChI is InChI=1S/C17H18O2S2/c1-12-9-17(20-11-12)16-10-14(21(2,18)19)7-8-15(16)13-5-3-4-6-13/h5,7-11H,3-4,6H2,1-2H3. The normalized spacial score (nSPS) is 15.2. The van der Waals surface area contributed by atoms with Crippen LogP contribution in [0.15, 0.2) is 40.6 Å². The van der Waals surface area contributed by atoms with Crippen LogP contribution in [-0.4, -0.2) is 14.7 Å². The van der Waals surface area contributed by atoms with E-state index >= 15 is 0 Å². The maximum atomic E-state index is 11.8. The molecular weight excluding hydrogens is 300 g/mol. The van der Waals surface area contributed by atoms with Crippen molar-refractivity contribution in [2.75, 3.05) is 6.26 Å². The van der Waals surface area contributed by atoms with Gasteiger partial charge in [0.2, 0.25) is 0 Å². The Bertz CT molecular complexity index is 811. The summed E-state index contributed by atoms with van der Waals surface area (Å²) in [6.07, 6.45) is 6.92. The summed E-state index contributed by atoms with van der Waals surface area (Å²) in [7, 11) is -3.18. The summed E-state index contributed by atoms with van der Waals surface area (Å²) >= 11 is 1.67. The minimum absolute atomic E-state index is 0.394. The Morgan fingerprint density at radius 3 is 2.52 bits per heavy atom. The second-order valence-electron chi connectivity index (χ2n) is 5.59. The lowest BCUT2D eigenvalue weighted by atomic mass is 9.98. The lowest BCUT2D eigenvalue weighted by Crippen LogP contribution is -1.98. The third-order valence-corrected chi connectivity index (χ3v) is 5.99. The Hall–Kier alpha value is -1.39. The van der Waals surface area contributed by atoms with E-state index in [1.165, 1.54) is 29.4 Å². The van der Waals surface area contributed by atoms with Crippen molar-refractivity contribution in [3.63, 3.8) is 0 Å². The van der Waals surface area contributed by atoms with E-state index in [4.69, 9.17) is 0 Å². The molecular formula is C17H18O2S2. The molecule has 3 rings (SSSR count). The molecule has 21 heavy (non-hydrogen) atoms. The number of sulfone groups is 1. The molecule has 1 aliphatic carbocycles. The van der Waals surface area contributed by atoms with E-state index in [2.05, 4.69) is 24.4 Å². The SMILES string of the molecule is Cc1csc(-c2cc(S(C)(=O)=O)ccc2C2=CCCC2)c1. The molecule has 0 saturated carbocycles. The van der Waals surface area contributed by atoms with Crippen molar-refractivity contribution < 1.29 is 8.42 Å². The molecule has 0 unspecified atom stereocenters. The number of hydrogen-bond acceptors (Lipinski definition) is 3. The van der Waals surface area contributed by atoms with Crippen molar-refractivity contribution >= 4 is 26.7 Å². The zero-order valence-corrected chi connectivity index (χ0v) is 13.9. The van der Waals surface area contributed by atoms with Gasteiger partial charge in [-0.1, -0.05) is 12.1 Å². The van der Waals surface area contributed by atoms with Gasteiger partial charge in [0.05, 0.1) is 4.90 Å². The first-order chi connectivity index (χ1) is 9.95. The van der Waals surface area contributed by atoms with Crippen LogP contribution >= 0.6 is 11.3 Å². The van der Waals surface area contributed by atoms with E-state index in [1.807, 2.05) is 12.1 Å². The number of aryl methyl sites for hydroxylation is 1. The van der Waals surface area contributed by atoms with E-state index in [-0.39, 0.29) is 0 Å². The maximum Gasteiger partial charge on any atom is 0.175 e. The molecule has 1 aliphatic rings. The fraction of sp³-hybridized carbons (Fsp3) is 0.294. The second-order valence-corrected chi connectivity index (χ2v) is 8.52. The molecule has 0 fully saturated rings. The average molecular weight is 318 g/mol. The van der Waals surface area contributed by atoms with Crippen LogP contribution in [-0.2, 0) is 9.84 Å². The molecule has 0 bridgehead atoms. The summed E-state index contributed by atoms with van der Waals surface area (Å²) in [6.45, 7) is 2.06. The van der Waals surface area contributed by atoms with Crippen molar-refractivity contribution in [3.8, 4) is 10.4 Å². The molecule has 0 N–H and O–H groups in total. The first-order valence-electron chi connectivity index (χ1n) is 7.04. The number of rotatable bonds is 3. The summed E-state index contributed by atoms with van der Waals surface area (Å²) in [5, 5.41) is 2.11. The molecule has 0 atom stereocenters. The van der Waals surface area contributed by atoms with E-state index in [0.717, 1.165) is 23.3 Å². The van der Waals surface area contributed by atoms with Crippen LogP contribution in [0.2, 0.25) is 0 Å². The topological polar surface area (TPSA) is 34.1 Å². The van der Waals surface area contributed by atoms with E-state index in [0.29, 0.717) is 4.90 Å². The molecule has 0 radical (unpaired) electrons. The van der Waals surface area contributed by atoms with Gasteiger partial charge in [-0.3, -0.25) is 0 Å². The third-order valence-electron chi connectivity index (χ3n) is 3.80. The smallest absolute Gasteiger partial charge is 0.175 e. The summed E-state index contributed by atoms with van der Waals surface area (Å²) in [5.41, 5.74) is 4.79. The van der Waals surface area contributed by atoms with Crippen LogP contribution in [0.5, 0.6) is 0 Å². The van der Waals surface area contributed by atoms with Crippen molar-refractivity contribution in [3.05, 3.63) is 46.8 Å². The minimum atomic E-state index is -3.18. The van der Waals surface area contributed by atoms with E-state index in [1.54, 1.807) is 17.4 Å². The monoisotopic (exact) mass is 318 g/mol. The third kappa shape index (κ3) is 2.97. The first-order valence-corrected chi connectivity index (χ1v) is 9.81. The fourth-order valence-corrected chi connectivity index (χ4v) is 4.30. The molecule has 2 nitrogen and oxygen atoms in total. The average Bonchev–Trinajstić information content (AvgIpc) is 3.08. The van der Waals surface area contributed by atoms with Crippen molar-refractivity contribution in [2.24, 2.45) is 0 Å². The molecule has 110 valence electrons. The van der Waals surface area contributed by atoms with Crippen LogP contribution in [0.1, 0.15) is 30.4 Å². The van der Waals surface area contributed by atoms with Crippen LogP contribution in [0.25, 0.3) is 16.0 Å². The number of hydrogen-bond donors (Lipinski definition) is 0. The molecule has 2 aromatic rings. The Morgan fingerprint density at radius 2 is 1.95 bits per heavy atom. The van der Waals surface area contributed by atoms with Gasteiger partial charge < -0.3 is 0 Å².